The topological polar surface area (TPSA) is 55.6 Å². The number of rotatable bonds is 4. The predicted molar refractivity (Wildman–Crippen MR) is 85.7 cm³/mol. The number of carbonyl (C=O) groups excluding carboxylic acids is 1. The first-order chi connectivity index (χ1) is 9.84. The van der Waals surface area contributed by atoms with Crippen molar-refractivity contribution >= 4 is 11.6 Å². The summed E-state index contributed by atoms with van der Waals surface area (Å²) in [5.74, 6) is 0.903. The van der Waals surface area contributed by atoms with Gasteiger partial charge in [0.05, 0.1) is 12.2 Å². The number of carbonyl (C=O) groups is 1. The van der Waals surface area contributed by atoms with E-state index in [0.29, 0.717) is 13.1 Å². The molecule has 0 saturated carbocycles. The Bertz CT molecular complexity index is 524. The summed E-state index contributed by atoms with van der Waals surface area (Å²) < 4.78 is 6.02. The zero-order chi connectivity index (χ0) is 15.6. The maximum atomic E-state index is 12.5. The maximum absolute atomic E-state index is 12.5. The van der Waals surface area contributed by atoms with Gasteiger partial charge in [0.1, 0.15) is 11.4 Å². The van der Waals surface area contributed by atoms with Gasteiger partial charge in [-0.3, -0.25) is 4.79 Å². The third-order valence-electron chi connectivity index (χ3n) is 3.67. The lowest BCUT2D eigenvalue weighted by Gasteiger charge is -2.40. The minimum absolute atomic E-state index is 0.0283. The van der Waals surface area contributed by atoms with Crippen molar-refractivity contribution in [2.45, 2.75) is 46.1 Å². The summed E-state index contributed by atoms with van der Waals surface area (Å²) in [6.07, 6.45) is 1.88. The zero-order valence-corrected chi connectivity index (χ0v) is 13.5. The highest BCUT2D eigenvalue weighted by atomic mass is 16.5. The van der Waals surface area contributed by atoms with Crippen LogP contribution in [0.2, 0.25) is 0 Å². The van der Waals surface area contributed by atoms with E-state index in [4.69, 9.17) is 10.5 Å². The number of hydrogen-bond acceptors (Lipinski definition) is 3. The lowest BCUT2D eigenvalue weighted by molar-refractivity contribution is -0.122. The van der Waals surface area contributed by atoms with Crippen LogP contribution in [0.4, 0.5) is 5.69 Å². The fraction of sp³-hybridized carbons (Fsp3) is 0.588. The van der Waals surface area contributed by atoms with E-state index in [0.717, 1.165) is 24.3 Å². The maximum Gasteiger partial charge on any atom is 0.229 e. The quantitative estimate of drug-likeness (QED) is 0.927. The molecular formula is C17H26N2O2. The minimum atomic E-state index is -0.365. The molecule has 0 radical (unpaired) electrons. The molecule has 1 heterocycles. The molecule has 0 spiro atoms. The Balaban J connectivity index is 2.38. The van der Waals surface area contributed by atoms with Gasteiger partial charge in [-0.1, -0.05) is 19.9 Å². The monoisotopic (exact) mass is 290 g/mol. The summed E-state index contributed by atoms with van der Waals surface area (Å²) in [6, 6.07) is 6.11. The third kappa shape index (κ3) is 3.56. The van der Waals surface area contributed by atoms with Crippen LogP contribution in [0, 0.1) is 5.92 Å². The molecule has 0 atom stereocenters. The summed E-state index contributed by atoms with van der Waals surface area (Å²) >= 11 is 0. The van der Waals surface area contributed by atoms with E-state index in [1.54, 1.807) is 0 Å². The summed E-state index contributed by atoms with van der Waals surface area (Å²) in [7, 11) is 0. The number of nitrogens with zero attached hydrogens (tertiary/aromatic N) is 1. The molecule has 2 rings (SSSR count). The molecule has 1 aliphatic rings. The zero-order valence-electron chi connectivity index (χ0n) is 13.5. The van der Waals surface area contributed by atoms with Gasteiger partial charge in [-0.05, 0) is 50.9 Å². The molecule has 0 bridgehead atoms. The standard InChI is InChI=1S/C17H26N2O2/c1-12(2)16(20)19-11-17(3,4)21-15-8-7-13(6-5-9-18)10-14(15)19/h7-8,10,12H,5-6,9,11,18H2,1-4H3. The van der Waals surface area contributed by atoms with E-state index in [2.05, 4.69) is 12.1 Å². The van der Waals surface area contributed by atoms with Crippen molar-refractivity contribution in [3.8, 4) is 5.75 Å². The second-order valence-electron chi connectivity index (χ2n) is 6.64. The molecule has 4 nitrogen and oxygen atoms in total. The first-order valence-electron chi connectivity index (χ1n) is 7.67. The lowest BCUT2D eigenvalue weighted by atomic mass is 10.0. The lowest BCUT2D eigenvalue weighted by Crippen LogP contribution is -2.50. The SMILES string of the molecule is CC(C)C(=O)N1CC(C)(C)Oc2ccc(CCCN)cc21. The van der Waals surface area contributed by atoms with Gasteiger partial charge in [0.15, 0.2) is 0 Å². The fourth-order valence-corrected chi connectivity index (χ4v) is 2.63. The van der Waals surface area contributed by atoms with E-state index < -0.39 is 0 Å². The van der Waals surface area contributed by atoms with Crippen molar-refractivity contribution < 1.29 is 9.53 Å². The molecule has 0 aliphatic carbocycles. The number of nitrogens with two attached hydrogens (primary N) is 1. The van der Waals surface area contributed by atoms with Crippen molar-refractivity contribution in [3.05, 3.63) is 23.8 Å². The number of hydrogen-bond donors (Lipinski definition) is 1. The Hall–Kier alpha value is -1.55. The van der Waals surface area contributed by atoms with Crippen LogP contribution in [-0.2, 0) is 11.2 Å². The molecule has 21 heavy (non-hydrogen) atoms. The van der Waals surface area contributed by atoms with Crippen molar-refractivity contribution in [2.75, 3.05) is 18.0 Å². The third-order valence-corrected chi connectivity index (χ3v) is 3.67. The number of ether oxygens (including phenoxy) is 1. The molecule has 2 N–H and O–H groups in total. The van der Waals surface area contributed by atoms with Gasteiger partial charge >= 0.3 is 0 Å². The van der Waals surface area contributed by atoms with Crippen LogP contribution in [0.5, 0.6) is 5.75 Å². The van der Waals surface area contributed by atoms with Crippen molar-refractivity contribution in [3.63, 3.8) is 0 Å². The molecule has 1 aliphatic heterocycles. The molecule has 116 valence electrons. The van der Waals surface area contributed by atoms with E-state index in [1.807, 2.05) is 38.7 Å². The highest BCUT2D eigenvalue weighted by Crippen LogP contribution is 2.38. The van der Waals surface area contributed by atoms with Crippen LogP contribution in [0.1, 0.15) is 39.7 Å². The molecule has 1 aromatic carbocycles. The Morgan fingerprint density at radius 2 is 2.14 bits per heavy atom. The predicted octanol–water partition coefficient (Wildman–Crippen LogP) is 2.74. The summed E-state index contributed by atoms with van der Waals surface area (Å²) in [5, 5.41) is 0. The van der Waals surface area contributed by atoms with Gasteiger partial charge in [-0.2, -0.15) is 0 Å². The Morgan fingerprint density at radius 3 is 2.76 bits per heavy atom. The highest BCUT2D eigenvalue weighted by Gasteiger charge is 2.35. The van der Waals surface area contributed by atoms with Gasteiger partial charge in [0.2, 0.25) is 5.91 Å². The summed E-state index contributed by atoms with van der Waals surface area (Å²) in [5.41, 5.74) is 7.30. The molecule has 1 amide bonds. The van der Waals surface area contributed by atoms with Gasteiger partial charge in [-0.15, -0.1) is 0 Å². The van der Waals surface area contributed by atoms with Gasteiger partial charge in [-0.25, -0.2) is 0 Å². The molecule has 1 aromatic rings. The summed E-state index contributed by atoms with van der Waals surface area (Å²) in [6.45, 7) is 9.15. The Labute approximate surface area is 127 Å². The molecule has 0 fully saturated rings. The van der Waals surface area contributed by atoms with Crippen LogP contribution in [0.3, 0.4) is 0 Å². The Kier molecular flexibility index (Phi) is 4.57. The van der Waals surface area contributed by atoms with Crippen LogP contribution in [-0.4, -0.2) is 24.6 Å². The van der Waals surface area contributed by atoms with E-state index in [1.165, 1.54) is 5.56 Å². The van der Waals surface area contributed by atoms with Crippen molar-refractivity contribution in [1.82, 2.24) is 0 Å². The highest BCUT2D eigenvalue weighted by molar-refractivity contribution is 5.96. The largest absolute Gasteiger partial charge is 0.484 e. The smallest absolute Gasteiger partial charge is 0.229 e. The average molecular weight is 290 g/mol. The summed E-state index contributed by atoms with van der Waals surface area (Å²) in [4.78, 5) is 14.4. The molecule has 0 saturated heterocycles. The molecule has 0 unspecified atom stereocenters. The first-order valence-corrected chi connectivity index (χ1v) is 7.67. The normalized spacial score (nSPS) is 16.6. The second kappa shape index (κ2) is 6.06. The van der Waals surface area contributed by atoms with E-state index in [-0.39, 0.29) is 17.4 Å². The van der Waals surface area contributed by atoms with Gasteiger partial charge in [0.25, 0.3) is 0 Å². The van der Waals surface area contributed by atoms with Gasteiger partial charge < -0.3 is 15.4 Å². The number of aryl methyl sites for hydroxylation is 1. The number of anilines is 1. The Morgan fingerprint density at radius 1 is 1.43 bits per heavy atom. The fourth-order valence-electron chi connectivity index (χ4n) is 2.63. The van der Waals surface area contributed by atoms with Crippen molar-refractivity contribution in [2.24, 2.45) is 11.7 Å². The average Bonchev–Trinajstić information content (AvgIpc) is 2.42. The number of amides is 1. The number of benzene rings is 1. The first kappa shape index (κ1) is 15.8. The van der Waals surface area contributed by atoms with Crippen LogP contribution in [0.25, 0.3) is 0 Å². The van der Waals surface area contributed by atoms with Gasteiger partial charge in [0, 0.05) is 5.92 Å². The second-order valence-corrected chi connectivity index (χ2v) is 6.64. The van der Waals surface area contributed by atoms with Crippen LogP contribution >= 0.6 is 0 Å². The van der Waals surface area contributed by atoms with E-state index >= 15 is 0 Å². The minimum Gasteiger partial charge on any atom is -0.484 e. The van der Waals surface area contributed by atoms with Crippen LogP contribution in [0.15, 0.2) is 18.2 Å². The van der Waals surface area contributed by atoms with Crippen molar-refractivity contribution in [1.29, 1.82) is 0 Å². The van der Waals surface area contributed by atoms with E-state index in [9.17, 15) is 4.79 Å². The molecular weight excluding hydrogens is 264 g/mol. The molecule has 4 heteroatoms. The molecule has 0 aromatic heterocycles. The number of fused-ring (bicyclic) bond motifs is 1. The van der Waals surface area contributed by atoms with Crippen LogP contribution < -0.4 is 15.4 Å².